The van der Waals surface area contributed by atoms with Crippen LogP contribution >= 0.6 is 0 Å². The number of benzene rings is 1. The summed E-state index contributed by atoms with van der Waals surface area (Å²) in [5.74, 6) is 0. The highest BCUT2D eigenvalue weighted by atomic mass is 14.5. The van der Waals surface area contributed by atoms with E-state index in [4.69, 9.17) is 5.73 Å². The fourth-order valence-corrected chi connectivity index (χ4v) is 0.812. The molecular weight excluding hydrogens is 122 g/mol. The van der Waals surface area contributed by atoms with Crippen LogP contribution in [0.1, 0.15) is 12.5 Å². The lowest BCUT2D eigenvalue weighted by atomic mass is 10.2. The molecule has 0 amide bonds. The van der Waals surface area contributed by atoms with E-state index in [1.165, 1.54) is 0 Å². The van der Waals surface area contributed by atoms with E-state index in [0.717, 1.165) is 11.3 Å². The standard InChI is InChI=1S/C9H11N/c1-8(10)7-9-5-3-2-4-6-9/h2-7H,10H2,1H3. The summed E-state index contributed by atoms with van der Waals surface area (Å²) in [6.45, 7) is 1.88. The molecular formula is C9H11N. The van der Waals surface area contributed by atoms with E-state index >= 15 is 0 Å². The van der Waals surface area contributed by atoms with Crippen molar-refractivity contribution in [1.29, 1.82) is 0 Å². The van der Waals surface area contributed by atoms with Gasteiger partial charge in [-0.2, -0.15) is 0 Å². The largest absolute Gasteiger partial charge is 0.402 e. The Labute approximate surface area is 61.2 Å². The van der Waals surface area contributed by atoms with Crippen molar-refractivity contribution in [1.82, 2.24) is 0 Å². The van der Waals surface area contributed by atoms with Crippen molar-refractivity contribution in [3.05, 3.63) is 41.6 Å². The zero-order valence-electron chi connectivity index (χ0n) is 6.04. The third-order valence-electron chi connectivity index (χ3n) is 1.19. The zero-order valence-corrected chi connectivity index (χ0v) is 6.04. The van der Waals surface area contributed by atoms with Crippen molar-refractivity contribution >= 4 is 6.08 Å². The first-order valence-corrected chi connectivity index (χ1v) is 3.28. The molecule has 1 heteroatoms. The smallest absolute Gasteiger partial charge is 0.00548 e. The summed E-state index contributed by atoms with van der Waals surface area (Å²) in [5.41, 5.74) is 7.48. The molecule has 0 unspecified atom stereocenters. The minimum atomic E-state index is 0.839. The van der Waals surface area contributed by atoms with Gasteiger partial charge in [0.1, 0.15) is 0 Å². The van der Waals surface area contributed by atoms with E-state index in [-0.39, 0.29) is 0 Å². The van der Waals surface area contributed by atoms with Crippen LogP contribution in [-0.2, 0) is 0 Å². The van der Waals surface area contributed by atoms with Gasteiger partial charge in [0.25, 0.3) is 0 Å². The first kappa shape index (κ1) is 6.87. The molecule has 52 valence electrons. The Morgan fingerprint density at radius 2 is 1.90 bits per heavy atom. The van der Waals surface area contributed by atoms with Crippen LogP contribution in [0.5, 0.6) is 0 Å². The number of rotatable bonds is 1. The first-order valence-electron chi connectivity index (χ1n) is 3.28. The molecule has 1 aromatic rings. The Hall–Kier alpha value is -1.24. The molecule has 0 aliphatic carbocycles. The number of allylic oxidation sites excluding steroid dienone is 1. The van der Waals surface area contributed by atoms with Crippen molar-refractivity contribution in [3.8, 4) is 0 Å². The summed E-state index contributed by atoms with van der Waals surface area (Å²) < 4.78 is 0. The van der Waals surface area contributed by atoms with Crippen molar-refractivity contribution < 1.29 is 0 Å². The SMILES string of the molecule is CC(N)=Cc1ccccc1. The molecule has 0 saturated carbocycles. The van der Waals surface area contributed by atoms with Crippen molar-refractivity contribution in [2.45, 2.75) is 6.92 Å². The molecule has 10 heavy (non-hydrogen) atoms. The van der Waals surface area contributed by atoms with Gasteiger partial charge < -0.3 is 5.73 Å². The Bertz CT molecular complexity index is 220. The highest BCUT2D eigenvalue weighted by Crippen LogP contribution is 2.01. The number of hydrogen-bond acceptors (Lipinski definition) is 1. The molecule has 0 radical (unpaired) electrons. The topological polar surface area (TPSA) is 26.0 Å². The second-order valence-electron chi connectivity index (χ2n) is 2.30. The maximum Gasteiger partial charge on any atom is 0.00548 e. The van der Waals surface area contributed by atoms with E-state index < -0.39 is 0 Å². The fourth-order valence-electron chi connectivity index (χ4n) is 0.812. The molecule has 0 saturated heterocycles. The van der Waals surface area contributed by atoms with Crippen LogP contribution in [0.15, 0.2) is 36.0 Å². The Morgan fingerprint density at radius 1 is 1.30 bits per heavy atom. The predicted molar refractivity (Wildman–Crippen MR) is 44.3 cm³/mol. The first-order chi connectivity index (χ1) is 4.79. The molecule has 1 aromatic carbocycles. The normalized spacial score (nSPS) is 11.5. The van der Waals surface area contributed by atoms with Crippen LogP contribution in [0.3, 0.4) is 0 Å². The summed E-state index contributed by atoms with van der Waals surface area (Å²) >= 11 is 0. The molecule has 0 aliphatic rings. The number of hydrogen-bond donors (Lipinski definition) is 1. The van der Waals surface area contributed by atoms with Crippen LogP contribution < -0.4 is 5.73 Å². The van der Waals surface area contributed by atoms with E-state index in [1.807, 2.05) is 43.3 Å². The lowest BCUT2D eigenvalue weighted by Gasteiger charge is -1.91. The van der Waals surface area contributed by atoms with E-state index in [9.17, 15) is 0 Å². The van der Waals surface area contributed by atoms with Crippen LogP contribution in [-0.4, -0.2) is 0 Å². The summed E-state index contributed by atoms with van der Waals surface area (Å²) in [6.07, 6.45) is 1.94. The zero-order chi connectivity index (χ0) is 7.40. The summed E-state index contributed by atoms with van der Waals surface area (Å²) in [7, 11) is 0. The van der Waals surface area contributed by atoms with Crippen molar-refractivity contribution in [2.24, 2.45) is 5.73 Å². The van der Waals surface area contributed by atoms with E-state index in [1.54, 1.807) is 0 Å². The molecule has 0 aliphatic heterocycles. The van der Waals surface area contributed by atoms with Crippen LogP contribution in [0.25, 0.3) is 6.08 Å². The Balaban J connectivity index is 2.87. The summed E-state index contributed by atoms with van der Waals surface area (Å²) in [5, 5.41) is 0. The van der Waals surface area contributed by atoms with Gasteiger partial charge in [-0.1, -0.05) is 30.3 Å². The van der Waals surface area contributed by atoms with Crippen molar-refractivity contribution in [2.75, 3.05) is 0 Å². The minimum Gasteiger partial charge on any atom is -0.402 e. The van der Waals surface area contributed by atoms with Gasteiger partial charge in [0.05, 0.1) is 0 Å². The molecule has 2 N–H and O–H groups in total. The van der Waals surface area contributed by atoms with Gasteiger partial charge >= 0.3 is 0 Å². The quantitative estimate of drug-likeness (QED) is 0.623. The van der Waals surface area contributed by atoms with Gasteiger partial charge in [-0.3, -0.25) is 0 Å². The lowest BCUT2D eigenvalue weighted by Crippen LogP contribution is -1.88. The van der Waals surface area contributed by atoms with Crippen molar-refractivity contribution in [3.63, 3.8) is 0 Å². The third-order valence-corrected chi connectivity index (χ3v) is 1.19. The van der Waals surface area contributed by atoms with Gasteiger partial charge in [0.2, 0.25) is 0 Å². The monoisotopic (exact) mass is 133 g/mol. The maximum atomic E-state index is 5.49. The minimum absolute atomic E-state index is 0.839. The van der Waals surface area contributed by atoms with Gasteiger partial charge in [0.15, 0.2) is 0 Å². The third kappa shape index (κ3) is 1.94. The number of nitrogens with two attached hydrogens (primary N) is 1. The average molecular weight is 133 g/mol. The van der Waals surface area contributed by atoms with Gasteiger partial charge in [0, 0.05) is 5.70 Å². The van der Waals surface area contributed by atoms with Gasteiger partial charge in [-0.05, 0) is 18.6 Å². The molecule has 0 aromatic heterocycles. The van der Waals surface area contributed by atoms with Gasteiger partial charge in [-0.15, -0.1) is 0 Å². The Morgan fingerprint density at radius 3 is 2.40 bits per heavy atom. The molecule has 0 bridgehead atoms. The lowest BCUT2D eigenvalue weighted by molar-refractivity contribution is 1.34. The molecule has 0 atom stereocenters. The predicted octanol–water partition coefficient (Wildman–Crippen LogP) is 2.01. The molecule has 1 nitrogen and oxygen atoms in total. The van der Waals surface area contributed by atoms with Crippen LogP contribution in [0, 0.1) is 0 Å². The van der Waals surface area contributed by atoms with E-state index in [0.29, 0.717) is 0 Å². The summed E-state index contributed by atoms with van der Waals surface area (Å²) in [4.78, 5) is 0. The average Bonchev–Trinajstić information content (AvgIpc) is 1.88. The highest BCUT2D eigenvalue weighted by molar-refractivity contribution is 5.50. The fraction of sp³-hybridized carbons (Fsp3) is 0.111. The van der Waals surface area contributed by atoms with Crippen LogP contribution in [0.2, 0.25) is 0 Å². The Kier molecular flexibility index (Phi) is 2.11. The van der Waals surface area contributed by atoms with E-state index in [2.05, 4.69) is 0 Å². The maximum absolute atomic E-state index is 5.49. The molecule has 1 rings (SSSR count). The van der Waals surface area contributed by atoms with Gasteiger partial charge in [-0.25, -0.2) is 0 Å². The molecule has 0 spiro atoms. The molecule has 0 fully saturated rings. The summed E-state index contributed by atoms with van der Waals surface area (Å²) in [6, 6.07) is 10.0. The van der Waals surface area contributed by atoms with Crippen LogP contribution in [0.4, 0.5) is 0 Å². The highest BCUT2D eigenvalue weighted by Gasteiger charge is 1.82. The molecule has 0 heterocycles. The second kappa shape index (κ2) is 3.06. The second-order valence-corrected chi connectivity index (χ2v) is 2.30.